The number of ether oxygens (including phenoxy) is 2. The molecule has 2 rings (SSSR count). The van der Waals surface area contributed by atoms with Gasteiger partial charge in [-0.05, 0) is 19.4 Å². The molecule has 0 aliphatic carbocycles. The highest BCUT2D eigenvalue weighted by Gasteiger charge is 2.19. The Labute approximate surface area is 108 Å². The molecule has 1 atom stereocenters. The highest BCUT2D eigenvalue weighted by atomic mass is 16.5. The van der Waals surface area contributed by atoms with Crippen LogP contribution in [0, 0.1) is 0 Å². The van der Waals surface area contributed by atoms with Crippen LogP contribution in [-0.4, -0.2) is 30.5 Å². The molecule has 4 heteroatoms. The molecular weight excluding hydrogens is 230 g/mol. The van der Waals surface area contributed by atoms with Crippen LogP contribution < -0.4 is 14.8 Å². The van der Waals surface area contributed by atoms with E-state index in [4.69, 9.17) is 9.47 Å². The minimum Gasteiger partial charge on any atom is -0.492 e. The van der Waals surface area contributed by atoms with E-state index in [1.807, 2.05) is 25.1 Å². The van der Waals surface area contributed by atoms with Gasteiger partial charge in [-0.2, -0.15) is 0 Å². The summed E-state index contributed by atoms with van der Waals surface area (Å²) < 4.78 is 11.3. The summed E-state index contributed by atoms with van der Waals surface area (Å²) in [5, 5.41) is 13.2. The van der Waals surface area contributed by atoms with E-state index in [2.05, 4.69) is 5.32 Å². The highest BCUT2D eigenvalue weighted by molar-refractivity contribution is 5.41. The van der Waals surface area contributed by atoms with Gasteiger partial charge in [0.15, 0.2) is 0 Å². The summed E-state index contributed by atoms with van der Waals surface area (Å²) in [5.74, 6) is 1.61. The summed E-state index contributed by atoms with van der Waals surface area (Å²) in [4.78, 5) is 0. The molecule has 0 amide bonds. The second kappa shape index (κ2) is 5.59. The average molecular weight is 251 g/mol. The van der Waals surface area contributed by atoms with Gasteiger partial charge in [-0.15, -0.1) is 0 Å². The second-order valence-corrected chi connectivity index (χ2v) is 4.93. The molecule has 18 heavy (non-hydrogen) atoms. The first-order valence-electron chi connectivity index (χ1n) is 6.42. The molecule has 1 aliphatic heterocycles. The van der Waals surface area contributed by atoms with Gasteiger partial charge in [0.1, 0.15) is 24.7 Å². The zero-order chi connectivity index (χ0) is 13.0. The summed E-state index contributed by atoms with van der Waals surface area (Å²) in [5.41, 5.74) is 0.358. The molecule has 0 radical (unpaired) electrons. The quantitative estimate of drug-likeness (QED) is 0.855. The summed E-state index contributed by atoms with van der Waals surface area (Å²) in [6.07, 6.45) is 0.665. The van der Waals surface area contributed by atoms with Crippen LogP contribution in [0.3, 0.4) is 0 Å². The van der Waals surface area contributed by atoms with E-state index in [-0.39, 0.29) is 0 Å². The molecule has 1 heterocycles. The second-order valence-electron chi connectivity index (χ2n) is 4.93. The molecule has 1 unspecified atom stereocenters. The molecule has 1 aliphatic rings. The minimum absolute atomic E-state index is 0.292. The standard InChI is InChI=1S/C14H21NO3/c1-3-14(2,16)10-18-12-5-4-11-9-15-6-7-17-13(11)8-12/h4-5,8,15-16H,3,6-7,9-10H2,1-2H3. The number of hydrogen-bond acceptors (Lipinski definition) is 4. The number of fused-ring (bicyclic) bond motifs is 1. The van der Waals surface area contributed by atoms with E-state index >= 15 is 0 Å². The Kier molecular flexibility index (Phi) is 4.09. The predicted molar refractivity (Wildman–Crippen MR) is 70.1 cm³/mol. The molecule has 2 N–H and O–H groups in total. The van der Waals surface area contributed by atoms with Crippen LogP contribution in [0.2, 0.25) is 0 Å². The van der Waals surface area contributed by atoms with Crippen molar-refractivity contribution in [3.63, 3.8) is 0 Å². The first-order chi connectivity index (χ1) is 8.61. The first kappa shape index (κ1) is 13.2. The molecule has 0 bridgehead atoms. The number of hydrogen-bond donors (Lipinski definition) is 2. The van der Waals surface area contributed by atoms with E-state index in [0.29, 0.717) is 19.6 Å². The predicted octanol–water partition coefficient (Wildman–Crippen LogP) is 1.71. The van der Waals surface area contributed by atoms with Gasteiger partial charge in [0, 0.05) is 24.7 Å². The fraction of sp³-hybridized carbons (Fsp3) is 0.571. The number of aliphatic hydroxyl groups is 1. The van der Waals surface area contributed by atoms with Crippen LogP contribution in [-0.2, 0) is 6.54 Å². The molecule has 0 saturated carbocycles. The fourth-order valence-electron chi connectivity index (χ4n) is 1.70. The minimum atomic E-state index is -0.783. The Hall–Kier alpha value is -1.26. The largest absolute Gasteiger partial charge is 0.492 e. The molecule has 1 aromatic rings. The average Bonchev–Trinajstić information content (AvgIpc) is 2.61. The summed E-state index contributed by atoms with van der Waals surface area (Å²) in [6, 6.07) is 5.82. The van der Waals surface area contributed by atoms with Crippen molar-refractivity contribution in [2.45, 2.75) is 32.4 Å². The lowest BCUT2D eigenvalue weighted by Crippen LogP contribution is -2.31. The summed E-state index contributed by atoms with van der Waals surface area (Å²) in [6.45, 7) is 6.35. The SMILES string of the molecule is CCC(C)(O)COc1ccc2c(c1)OCCNC2. The van der Waals surface area contributed by atoms with Crippen molar-refractivity contribution in [3.05, 3.63) is 23.8 Å². The lowest BCUT2D eigenvalue weighted by Gasteiger charge is -2.21. The van der Waals surface area contributed by atoms with Gasteiger partial charge in [-0.1, -0.05) is 13.0 Å². The third-order valence-electron chi connectivity index (χ3n) is 3.20. The summed E-state index contributed by atoms with van der Waals surface area (Å²) in [7, 11) is 0. The van der Waals surface area contributed by atoms with Crippen molar-refractivity contribution in [3.8, 4) is 11.5 Å². The van der Waals surface area contributed by atoms with Gasteiger partial charge in [0.2, 0.25) is 0 Å². The topological polar surface area (TPSA) is 50.7 Å². The Balaban J connectivity index is 2.04. The van der Waals surface area contributed by atoms with Crippen LogP contribution >= 0.6 is 0 Å². The third kappa shape index (κ3) is 3.37. The van der Waals surface area contributed by atoms with E-state index in [0.717, 1.165) is 30.2 Å². The molecular formula is C14H21NO3. The van der Waals surface area contributed by atoms with Crippen molar-refractivity contribution in [1.29, 1.82) is 0 Å². The Bertz CT molecular complexity index is 404. The van der Waals surface area contributed by atoms with Gasteiger partial charge in [0.05, 0.1) is 5.60 Å². The van der Waals surface area contributed by atoms with Gasteiger partial charge in [-0.3, -0.25) is 0 Å². The van der Waals surface area contributed by atoms with Crippen molar-refractivity contribution in [1.82, 2.24) is 5.32 Å². The number of nitrogens with one attached hydrogen (secondary N) is 1. The van der Waals surface area contributed by atoms with Crippen molar-refractivity contribution in [2.24, 2.45) is 0 Å². The van der Waals surface area contributed by atoms with Crippen LogP contribution in [0.25, 0.3) is 0 Å². The number of rotatable bonds is 4. The molecule has 1 aromatic carbocycles. The van der Waals surface area contributed by atoms with E-state index < -0.39 is 5.60 Å². The third-order valence-corrected chi connectivity index (χ3v) is 3.20. The highest BCUT2D eigenvalue weighted by Crippen LogP contribution is 2.26. The molecule has 0 fully saturated rings. The Morgan fingerprint density at radius 1 is 1.50 bits per heavy atom. The fourth-order valence-corrected chi connectivity index (χ4v) is 1.70. The molecule has 4 nitrogen and oxygen atoms in total. The van der Waals surface area contributed by atoms with Crippen LogP contribution in [0.15, 0.2) is 18.2 Å². The maximum absolute atomic E-state index is 9.90. The van der Waals surface area contributed by atoms with E-state index in [1.165, 1.54) is 0 Å². The van der Waals surface area contributed by atoms with Crippen LogP contribution in [0.5, 0.6) is 11.5 Å². The first-order valence-corrected chi connectivity index (χ1v) is 6.42. The lowest BCUT2D eigenvalue weighted by molar-refractivity contribution is 0.00839. The van der Waals surface area contributed by atoms with Crippen LogP contribution in [0.1, 0.15) is 25.8 Å². The maximum Gasteiger partial charge on any atom is 0.127 e. The van der Waals surface area contributed by atoms with Gasteiger partial charge < -0.3 is 19.9 Å². The maximum atomic E-state index is 9.90. The van der Waals surface area contributed by atoms with Crippen molar-refractivity contribution < 1.29 is 14.6 Å². The van der Waals surface area contributed by atoms with Crippen LogP contribution in [0.4, 0.5) is 0 Å². The molecule has 100 valence electrons. The normalized spacial score (nSPS) is 18.2. The van der Waals surface area contributed by atoms with Crippen molar-refractivity contribution in [2.75, 3.05) is 19.8 Å². The lowest BCUT2D eigenvalue weighted by atomic mass is 10.1. The smallest absolute Gasteiger partial charge is 0.127 e. The van der Waals surface area contributed by atoms with Gasteiger partial charge in [0.25, 0.3) is 0 Å². The number of benzene rings is 1. The zero-order valence-corrected chi connectivity index (χ0v) is 11.0. The van der Waals surface area contributed by atoms with Gasteiger partial charge >= 0.3 is 0 Å². The summed E-state index contributed by atoms with van der Waals surface area (Å²) >= 11 is 0. The molecule has 0 spiro atoms. The monoisotopic (exact) mass is 251 g/mol. The molecule has 0 aromatic heterocycles. The van der Waals surface area contributed by atoms with Gasteiger partial charge in [-0.25, -0.2) is 0 Å². The Morgan fingerprint density at radius 3 is 3.11 bits per heavy atom. The Morgan fingerprint density at radius 2 is 2.33 bits per heavy atom. The molecule has 0 saturated heterocycles. The van der Waals surface area contributed by atoms with Crippen molar-refractivity contribution >= 4 is 0 Å². The zero-order valence-electron chi connectivity index (χ0n) is 11.0. The van der Waals surface area contributed by atoms with E-state index in [1.54, 1.807) is 6.92 Å². The van der Waals surface area contributed by atoms with E-state index in [9.17, 15) is 5.11 Å².